The Morgan fingerprint density at radius 1 is 1.32 bits per heavy atom. The molecule has 0 radical (unpaired) electrons. The van der Waals surface area contributed by atoms with Gasteiger partial charge in [-0.15, -0.1) is 0 Å². The second kappa shape index (κ2) is 11.0. The van der Waals surface area contributed by atoms with E-state index in [-0.39, 0.29) is 0 Å². The number of unbranched alkanes of at least 4 members (excludes halogenated alkanes) is 1. The molecule has 5 heteroatoms. The van der Waals surface area contributed by atoms with E-state index in [2.05, 4.69) is 41.2 Å². The molecule has 140 valence electrons. The second-order valence-electron chi connectivity index (χ2n) is 6.67. The summed E-state index contributed by atoms with van der Waals surface area (Å²) in [5.41, 5.74) is 7.27. The fraction of sp³-hybridized carbons (Fsp3) is 0.650. The van der Waals surface area contributed by atoms with Crippen LogP contribution in [0.3, 0.4) is 0 Å². The molecular formula is C20H34N4O. The summed E-state index contributed by atoms with van der Waals surface area (Å²) < 4.78 is 5.68. The Kier molecular flexibility index (Phi) is 8.60. The van der Waals surface area contributed by atoms with Gasteiger partial charge in [-0.2, -0.15) is 0 Å². The highest BCUT2D eigenvalue weighted by atomic mass is 16.5. The van der Waals surface area contributed by atoms with E-state index in [4.69, 9.17) is 10.5 Å². The summed E-state index contributed by atoms with van der Waals surface area (Å²) in [5.74, 6) is 1.51. The lowest BCUT2D eigenvalue weighted by Crippen LogP contribution is -2.36. The van der Waals surface area contributed by atoms with Crippen molar-refractivity contribution in [1.82, 2.24) is 10.2 Å². The van der Waals surface area contributed by atoms with Crippen molar-refractivity contribution in [1.29, 1.82) is 0 Å². The Balaban J connectivity index is 1.66. The van der Waals surface area contributed by atoms with Gasteiger partial charge in [0.05, 0.1) is 13.2 Å². The van der Waals surface area contributed by atoms with E-state index in [0.717, 1.165) is 51.3 Å². The van der Waals surface area contributed by atoms with E-state index >= 15 is 0 Å². The summed E-state index contributed by atoms with van der Waals surface area (Å²) in [6.45, 7) is 9.07. The van der Waals surface area contributed by atoms with Crippen LogP contribution in [0.2, 0.25) is 0 Å². The van der Waals surface area contributed by atoms with Crippen LogP contribution in [0.15, 0.2) is 29.3 Å². The van der Waals surface area contributed by atoms with Crippen molar-refractivity contribution in [3.63, 3.8) is 0 Å². The second-order valence-corrected chi connectivity index (χ2v) is 6.67. The molecule has 2 rings (SSSR count). The number of nitrogens with one attached hydrogen (secondary N) is 1. The smallest absolute Gasteiger partial charge is 0.188 e. The van der Waals surface area contributed by atoms with Gasteiger partial charge in [-0.1, -0.05) is 32.4 Å². The third-order valence-electron chi connectivity index (χ3n) is 4.79. The van der Waals surface area contributed by atoms with Crippen LogP contribution in [-0.4, -0.2) is 49.7 Å². The number of likely N-dealkylation sites (N-methyl/N-ethyl adjacent to an activating group) is 1. The highest BCUT2D eigenvalue weighted by molar-refractivity contribution is 5.77. The summed E-state index contributed by atoms with van der Waals surface area (Å²) in [7, 11) is 0. The lowest BCUT2D eigenvalue weighted by Gasteiger charge is -2.20. The maximum atomic E-state index is 6.00. The first kappa shape index (κ1) is 19.6. The zero-order valence-corrected chi connectivity index (χ0v) is 15.8. The molecule has 5 nitrogen and oxygen atoms in total. The van der Waals surface area contributed by atoms with E-state index in [0.29, 0.717) is 12.0 Å². The van der Waals surface area contributed by atoms with Gasteiger partial charge in [0, 0.05) is 12.6 Å². The van der Waals surface area contributed by atoms with E-state index in [1.54, 1.807) is 0 Å². The van der Waals surface area contributed by atoms with Crippen LogP contribution >= 0.6 is 0 Å². The molecule has 1 aromatic rings. The van der Waals surface area contributed by atoms with Gasteiger partial charge in [-0.25, -0.2) is 0 Å². The minimum absolute atomic E-state index is 0.558. The lowest BCUT2D eigenvalue weighted by atomic mass is 10.1. The Morgan fingerprint density at radius 3 is 2.84 bits per heavy atom. The number of rotatable bonds is 10. The van der Waals surface area contributed by atoms with Crippen LogP contribution < -0.4 is 15.8 Å². The highest BCUT2D eigenvalue weighted by Crippen LogP contribution is 2.16. The monoisotopic (exact) mass is 346 g/mol. The molecule has 0 bridgehead atoms. The fourth-order valence-corrected chi connectivity index (χ4v) is 3.20. The van der Waals surface area contributed by atoms with E-state index in [1.807, 2.05) is 12.1 Å². The Hall–Kier alpha value is -1.75. The quantitative estimate of drug-likeness (QED) is 0.388. The molecule has 0 saturated carbocycles. The number of guanidine groups is 1. The van der Waals surface area contributed by atoms with E-state index in [1.165, 1.54) is 24.9 Å². The van der Waals surface area contributed by atoms with Crippen LogP contribution in [-0.2, 0) is 6.42 Å². The van der Waals surface area contributed by atoms with Gasteiger partial charge in [0.2, 0.25) is 0 Å². The predicted molar refractivity (Wildman–Crippen MR) is 105 cm³/mol. The number of likely N-dealkylation sites (tertiary alicyclic amines) is 1. The molecule has 25 heavy (non-hydrogen) atoms. The summed E-state index contributed by atoms with van der Waals surface area (Å²) in [5, 5.41) is 3.22. The molecule has 1 heterocycles. The van der Waals surface area contributed by atoms with Crippen molar-refractivity contribution in [3.8, 4) is 5.75 Å². The molecule has 0 aromatic heterocycles. The van der Waals surface area contributed by atoms with E-state index in [9.17, 15) is 0 Å². The number of aliphatic imine (C=N–C) groups is 1. The Morgan fingerprint density at radius 2 is 2.12 bits per heavy atom. The summed E-state index contributed by atoms with van der Waals surface area (Å²) in [6.07, 6.45) is 5.69. The Labute approximate surface area is 152 Å². The van der Waals surface area contributed by atoms with E-state index < -0.39 is 0 Å². The predicted octanol–water partition coefficient (Wildman–Crippen LogP) is 2.80. The molecule has 0 amide bonds. The van der Waals surface area contributed by atoms with Crippen LogP contribution in [0, 0.1) is 0 Å². The molecule has 1 aliphatic rings. The first-order valence-electron chi connectivity index (χ1n) is 9.72. The number of nitrogens with zero attached hydrogens (tertiary/aromatic N) is 2. The average molecular weight is 347 g/mol. The van der Waals surface area contributed by atoms with Crippen LogP contribution in [0.25, 0.3) is 0 Å². The number of nitrogens with two attached hydrogens (primary N) is 1. The molecule has 1 saturated heterocycles. The van der Waals surface area contributed by atoms with Crippen LogP contribution in [0.1, 0.15) is 45.1 Å². The lowest BCUT2D eigenvalue weighted by molar-refractivity contribution is 0.273. The normalized spacial score (nSPS) is 18.5. The minimum atomic E-state index is 0.558. The van der Waals surface area contributed by atoms with Crippen molar-refractivity contribution in [3.05, 3.63) is 29.8 Å². The van der Waals surface area contributed by atoms with Gasteiger partial charge in [0.1, 0.15) is 5.75 Å². The molecule has 1 aromatic carbocycles. The standard InChI is InChI=1S/C20H34N4O/c1-3-5-15-25-19-10-8-17(9-11-19)12-13-22-20(21)23-16-18-7-6-14-24(18)4-2/h8-11,18H,3-7,12-16H2,1-2H3,(H3,21,22,23). The van der Waals surface area contributed by atoms with Crippen molar-refractivity contribution in [2.75, 3.05) is 32.8 Å². The summed E-state index contributed by atoms with van der Waals surface area (Å²) in [4.78, 5) is 7.00. The van der Waals surface area contributed by atoms with Gasteiger partial charge in [-0.05, 0) is 56.5 Å². The minimum Gasteiger partial charge on any atom is -0.494 e. The zero-order valence-electron chi connectivity index (χ0n) is 15.8. The largest absolute Gasteiger partial charge is 0.494 e. The topological polar surface area (TPSA) is 62.9 Å². The van der Waals surface area contributed by atoms with Crippen molar-refractivity contribution in [2.24, 2.45) is 10.7 Å². The highest BCUT2D eigenvalue weighted by Gasteiger charge is 2.22. The first-order chi connectivity index (χ1) is 12.2. The van der Waals surface area contributed by atoms with Gasteiger partial charge in [0.15, 0.2) is 5.96 Å². The average Bonchev–Trinajstić information content (AvgIpc) is 3.09. The maximum absolute atomic E-state index is 6.00. The number of hydrogen-bond acceptors (Lipinski definition) is 3. The molecule has 0 spiro atoms. The van der Waals surface area contributed by atoms with Crippen molar-refractivity contribution >= 4 is 5.96 Å². The summed E-state index contributed by atoms with van der Waals surface area (Å²) in [6, 6.07) is 8.89. The van der Waals surface area contributed by atoms with Crippen LogP contribution in [0.5, 0.6) is 5.75 Å². The maximum Gasteiger partial charge on any atom is 0.188 e. The first-order valence-corrected chi connectivity index (χ1v) is 9.72. The van der Waals surface area contributed by atoms with Gasteiger partial charge < -0.3 is 15.8 Å². The fourth-order valence-electron chi connectivity index (χ4n) is 3.20. The number of benzene rings is 1. The molecule has 1 atom stereocenters. The molecule has 3 N–H and O–H groups in total. The molecular weight excluding hydrogens is 312 g/mol. The van der Waals surface area contributed by atoms with Crippen molar-refractivity contribution in [2.45, 2.75) is 52.0 Å². The summed E-state index contributed by atoms with van der Waals surface area (Å²) >= 11 is 0. The number of ether oxygens (including phenoxy) is 1. The zero-order chi connectivity index (χ0) is 17.9. The molecule has 0 aliphatic carbocycles. The molecule has 1 fully saturated rings. The number of hydrogen-bond donors (Lipinski definition) is 2. The SMILES string of the molecule is CCCCOc1ccc(CCNC(N)=NCC2CCCN2CC)cc1. The van der Waals surface area contributed by atoms with Gasteiger partial charge in [-0.3, -0.25) is 9.89 Å². The van der Waals surface area contributed by atoms with Crippen molar-refractivity contribution < 1.29 is 4.74 Å². The van der Waals surface area contributed by atoms with Gasteiger partial charge in [0.25, 0.3) is 0 Å². The Bertz CT molecular complexity index is 515. The van der Waals surface area contributed by atoms with Crippen LogP contribution in [0.4, 0.5) is 0 Å². The van der Waals surface area contributed by atoms with Gasteiger partial charge >= 0.3 is 0 Å². The third-order valence-corrected chi connectivity index (χ3v) is 4.79. The third kappa shape index (κ3) is 6.94. The molecule has 1 aliphatic heterocycles. The molecule has 1 unspecified atom stereocenters.